The van der Waals surface area contributed by atoms with Crippen LogP contribution >= 0.6 is 0 Å². The molecule has 0 fully saturated rings. The first kappa shape index (κ1) is 47.8. The number of ether oxygens (including phenoxy) is 4. The Kier molecular flexibility index (Phi) is 25.5. The summed E-state index contributed by atoms with van der Waals surface area (Å²) >= 11 is 0. The third-order valence-electron chi connectivity index (χ3n) is 9.31. The van der Waals surface area contributed by atoms with Crippen LogP contribution in [-0.2, 0) is 47.7 Å². The van der Waals surface area contributed by atoms with E-state index >= 15 is 0 Å². The van der Waals surface area contributed by atoms with E-state index in [4.69, 9.17) is 18.9 Å². The van der Waals surface area contributed by atoms with Gasteiger partial charge in [0, 0.05) is 44.4 Å². The molecule has 2 amide bonds. The summed E-state index contributed by atoms with van der Waals surface area (Å²) in [6.07, 6.45) is 16.0. The highest BCUT2D eigenvalue weighted by atomic mass is 16.6. The number of rotatable bonds is 32. The summed E-state index contributed by atoms with van der Waals surface area (Å²) in [5.74, 6) is -0.629. The van der Waals surface area contributed by atoms with Gasteiger partial charge in [0.25, 0.3) is 11.8 Å². The predicted octanol–water partition coefficient (Wildman–Crippen LogP) is 8.45. The van der Waals surface area contributed by atoms with Crippen LogP contribution in [0.15, 0.2) is 12.2 Å². The van der Waals surface area contributed by atoms with Gasteiger partial charge >= 0.3 is 23.9 Å². The van der Waals surface area contributed by atoms with Crippen LogP contribution in [0.5, 0.6) is 0 Å². The zero-order valence-corrected chi connectivity index (χ0v) is 33.9. The summed E-state index contributed by atoms with van der Waals surface area (Å²) < 4.78 is 22.8. The molecule has 0 atom stereocenters. The number of unbranched alkanes of at least 4 members (excludes halogenated alkanes) is 8. The van der Waals surface area contributed by atoms with Gasteiger partial charge in [-0.15, -0.1) is 0 Å². The number of esters is 4. The monoisotopic (exact) mass is 750 g/mol. The Morgan fingerprint density at radius 3 is 1.04 bits per heavy atom. The normalized spacial score (nSPS) is 13.0. The molecule has 1 rings (SSSR count). The fourth-order valence-corrected chi connectivity index (χ4v) is 5.84. The van der Waals surface area contributed by atoms with Crippen molar-refractivity contribution in [3.05, 3.63) is 12.2 Å². The molecule has 0 aromatic rings. The van der Waals surface area contributed by atoms with Crippen LogP contribution < -0.4 is 0 Å². The van der Waals surface area contributed by atoms with Gasteiger partial charge in [0.1, 0.15) is 31.8 Å². The molecule has 304 valence electrons. The van der Waals surface area contributed by atoms with E-state index in [1.165, 1.54) is 17.1 Å². The van der Waals surface area contributed by atoms with E-state index in [2.05, 4.69) is 41.5 Å². The molecule has 11 heteroatoms. The summed E-state index contributed by atoms with van der Waals surface area (Å²) in [5.41, 5.74) is -1.28. The van der Waals surface area contributed by atoms with Crippen LogP contribution in [0.2, 0.25) is 0 Å². The van der Waals surface area contributed by atoms with Gasteiger partial charge in [0.15, 0.2) is 0 Å². The van der Waals surface area contributed by atoms with Crippen molar-refractivity contribution in [1.29, 1.82) is 0 Å². The van der Waals surface area contributed by atoms with Gasteiger partial charge in [-0.3, -0.25) is 33.7 Å². The van der Waals surface area contributed by atoms with Crippen molar-refractivity contribution in [2.75, 3.05) is 33.0 Å². The molecule has 0 radical (unpaired) electrons. The zero-order chi connectivity index (χ0) is 39.5. The molecule has 1 heterocycles. The summed E-state index contributed by atoms with van der Waals surface area (Å²) in [6.45, 7) is 12.2. The number of hydrogen-bond acceptors (Lipinski definition) is 10. The number of carbonyl (C=O) groups excluding carboxylic acids is 6. The van der Waals surface area contributed by atoms with Crippen molar-refractivity contribution in [2.24, 2.45) is 23.2 Å². The molecule has 53 heavy (non-hydrogen) atoms. The Morgan fingerprint density at radius 2 is 0.755 bits per heavy atom. The van der Waals surface area contributed by atoms with Crippen molar-refractivity contribution in [2.45, 2.75) is 164 Å². The molecule has 0 saturated heterocycles. The minimum absolute atomic E-state index is 0.0821. The molecule has 1 aliphatic rings. The Balaban J connectivity index is 2.92. The molecule has 0 bridgehead atoms. The third-order valence-corrected chi connectivity index (χ3v) is 9.31. The second-order valence-electron chi connectivity index (χ2n) is 16.1. The summed E-state index contributed by atoms with van der Waals surface area (Å²) in [7, 11) is 0. The maximum absolute atomic E-state index is 12.9. The highest BCUT2D eigenvalue weighted by molar-refractivity contribution is 6.12. The fraction of sp³-hybridized carbons (Fsp3) is 0.810. The standard InChI is InChI=1S/C42H71NO10/c1-33(2)19-11-7-14-22-38(46)50-29-42(30-51-39(47)23-15-8-12-20-34(3)4,31-52-40(48)24-16-9-13-21-35(5)6)32-53-41(49)25-17-10-18-28-43-36(44)26-27-37(43)45/h26-27,33-35H,7-25,28-32H2,1-6H3. The molecular weight excluding hydrogens is 678 g/mol. The van der Waals surface area contributed by atoms with Crippen molar-refractivity contribution < 1.29 is 47.7 Å². The second kappa shape index (κ2) is 28.2. The van der Waals surface area contributed by atoms with Gasteiger partial charge in [-0.2, -0.15) is 0 Å². The molecule has 0 aromatic carbocycles. The van der Waals surface area contributed by atoms with Crippen molar-refractivity contribution >= 4 is 35.7 Å². The summed E-state index contributed by atoms with van der Waals surface area (Å²) in [5, 5.41) is 0. The number of carbonyl (C=O) groups is 6. The van der Waals surface area contributed by atoms with Crippen molar-refractivity contribution in [3.8, 4) is 0 Å². The fourth-order valence-electron chi connectivity index (χ4n) is 5.84. The molecule has 0 unspecified atom stereocenters. The lowest BCUT2D eigenvalue weighted by Crippen LogP contribution is -2.44. The van der Waals surface area contributed by atoms with E-state index in [1.54, 1.807) is 0 Å². The first-order valence-electron chi connectivity index (χ1n) is 20.4. The second-order valence-corrected chi connectivity index (χ2v) is 16.1. The zero-order valence-electron chi connectivity index (χ0n) is 33.9. The lowest BCUT2D eigenvalue weighted by Gasteiger charge is -2.31. The van der Waals surface area contributed by atoms with E-state index in [-0.39, 0.29) is 70.5 Å². The van der Waals surface area contributed by atoms with Crippen LogP contribution in [0.3, 0.4) is 0 Å². The summed E-state index contributed by atoms with van der Waals surface area (Å²) in [4.78, 5) is 76.2. The third kappa shape index (κ3) is 24.7. The van der Waals surface area contributed by atoms with E-state index in [1.807, 2.05) is 0 Å². The van der Waals surface area contributed by atoms with E-state index in [0.29, 0.717) is 56.3 Å². The minimum Gasteiger partial charge on any atom is -0.465 e. The van der Waals surface area contributed by atoms with Gasteiger partial charge in [-0.25, -0.2) is 0 Å². The van der Waals surface area contributed by atoms with Gasteiger partial charge < -0.3 is 18.9 Å². The maximum atomic E-state index is 12.9. The molecule has 0 saturated carbocycles. The molecular formula is C42H71NO10. The lowest BCUT2D eigenvalue weighted by atomic mass is 9.92. The number of hydrogen-bond donors (Lipinski definition) is 0. The topological polar surface area (TPSA) is 143 Å². The maximum Gasteiger partial charge on any atom is 0.305 e. The predicted molar refractivity (Wildman–Crippen MR) is 204 cm³/mol. The van der Waals surface area contributed by atoms with E-state index in [0.717, 1.165) is 57.8 Å². The van der Waals surface area contributed by atoms with Crippen LogP contribution in [0.1, 0.15) is 164 Å². The Bertz CT molecular complexity index is 1030. The van der Waals surface area contributed by atoms with Gasteiger partial charge in [-0.05, 0) is 49.9 Å². The van der Waals surface area contributed by atoms with Gasteiger partial charge in [-0.1, -0.05) is 106 Å². The quantitative estimate of drug-likeness (QED) is 0.0285. The van der Waals surface area contributed by atoms with Gasteiger partial charge in [0.2, 0.25) is 0 Å². The van der Waals surface area contributed by atoms with Crippen LogP contribution in [-0.4, -0.2) is 73.6 Å². The largest absolute Gasteiger partial charge is 0.465 e. The Labute approximate surface area is 319 Å². The molecule has 0 aliphatic carbocycles. The molecule has 11 nitrogen and oxygen atoms in total. The number of amides is 2. The van der Waals surface area contributed by atoms with Crippen LogP contribution in [0.4, 0.5) is 0 Å². The van der Waals surface area contributed by atoms with Crippen molar-refractivity contribution in [1.82, 2.24) is 4.90 Å². The minimum atomic E-state index is -1.28. The summed E-state index contributed by atoms with van der Waals surface area (Å²) in [6, 6.07) is 0. The first-order valence-corrected chi connectivity index (χ1v) is 20.4. The average Bonchev–Trinajstić information content (AvgIpc) is 3.42. The van der Waals surface area contributed by atoms with E-state index in [9.17, 15) is 28.8 Å². The van der Waals surface area contributed by atoms with Crippen LogP contribution in [0.25, 0.3) is 0 Å². The Hall–Kier alpha value is -3.24. The molecule has 0 N–H and O–H groups in total. The Morgan fingerprint density at radius 1 is 0.472 bits per heavy atom. The van der Waals surface area contributed by atoms with Gasteiger partial charge in [0.05, 0.1) is 0 Å². The van der Waals surface area contributed by atoms with E-state index < -0.39 is 29.3 Å². The van der Waals surface area contributed by atoms with Crippen molar-refractivity contribution in [3.63, 3.8) is 0 Å². The van der Waals surface area contributed by atoms with Crippen LogP contribution in [0, 0.1) is 23.2 Å². The molecule has 0 aromatic heterocycles. The average molecular weight is 750 g/mol. The molecule has 1 aliphatic heterocycles. The number of imide groups is 1. The highest BCUT2D eigenvalue weighted by Gasteiger charge is 2.38. The lowest BCUT2D eigenvalue weighted by molar-refractivity contribution is -0.171. The smallest absolute Gasteiger partial charge is 0.305 e. The SMILES string of the molecule is CC(C)CCCCCC(=O)OCC(COC(=O)CCCCCC(C)C)(COC(=O)CCCCCC(C)C)COC(=O)CCCCCN1C(=O)C=CC1=O. The number of nitrogens with zero attached hydrogens (tertiary/aromatic N) is 1. The highest BCUT2D eigenvalue weighted by Crippen LogP contribution is 2.24. The molecule has 0 spiro atoms. The first-order chi connectivity index (χ1) is 25.2.